The van der Waals surface area contributed by atoms with Crippen molar-refractivity contribution in [3.8, 4) is 5.75 Å². The van der Waals surface area contributed by atoms with E-state index in [0.717, 1.165) is 17.5 Å². The van der Waals surface area contributed by atoms with E-state index in [4.69, 9.17) is 0 Å². The zero-order chi connectivity index (χ0) is 20.7. The Hall–Kier alpha value is -1.35. The number of aliphatic imine (C=N–C) groups is 1. The lowest BCUT2D eigenvalue weighted by Gasteiger charge is -2.27. The maximum absolute atomic E-state index is 10.7. The standard InChI is InChI=1S/C21H35NO2.C2H6/c1-9-14(2)18(13-23)22-12-15-10-16(20(3,4)5)11-17(19(15)24)21(6,7)8;1-2/h10-12,14,18,23-24H,9,13H2,1-8H3;1-2H3. The highest BCUT2D eigenvalue weighted by Gasteiger charge is 2.24. The van der Waals surface area contributed by atoms with Crippen molar-refractivity contribution in [2.45, 2.75) is 92.5 Å². The fourth-order valence-corrected chi connectivity index (χ4v) is 2.58. The molecule has 0 spiro atoms. The lowest BCUT2D eigenvalue weighted by atomic mass is 9.79. The van der Waals surface area contributed by atoms with Crippen LogP contribution < -0.4 is 0 Å². The highest BCUT2D eigenvalue weighted by atomic mass is 16.3. The molecule has 2 atom stereocenters. The van der Waals surface area contributed by atoms with Gasteiger partial charge in [-0.05, 0) is 28.4 Å². The first kappa shape index (κ1) is 24.7. The van der Waals surface area contributed by atoms with Crippen molar-refractivity contribution in [1.82, 2.24) is 0 Å². The molecule has 0 fully saturated rings. The lowest BCUT2D eigenvalue weighted by molar-refractivity contribution is 0.232. The first-order chi connectivity index (χ1) is 11.9. The van der Waals surface area contributed by atoms with Crippen molar-refractivity contribution < 1.29 is 10.2 Å². The second-order valence-electron chi connectivity index (χ2n) is 8.88. The highest BCUT2D eigenvalue weighted by Crippen LogP contribution is 2.37. The number of aromatic hydroxyl groups is 1. The van der Waals surface area contributed by atoms with Crippen molar-refractivity contribution >= 4 is 6.21 Å². The summed E-state index contributed by atoms with van der Waals surface area (Å²) in [5.41, 5.74) is 2.68. The molecule has 0 aromatic heterocycles. The third kappa shape index (κ3) is 6.75. The molecule has 150 valence electrons. The number of aliphatic hydroxyl groups is 1. The van der Waals surface area contributed by atoms with E-state index >= 15 is 0 Å². The van der Waals surface area contributed by atoms with Crippen molar-refractivity contribution in [1.29, 1.82) is 0 Å². The molecule has 0 bridgehead atoms. The van der Waals surface area contributed by atoms with Crippen LogP contribution in [0.2, 0.25) is 0 Å². The van der Waals surface area contributed by atoms with E-state index < -0.39 is 0 Å². The summed E-state index contributed by atoms with van der Waals surface area (Å²) in [5.74, 6) is 0.598. The van der Waals surface area contributed by atoms with Gasteiger partial charge in [0.15, 0.2) is 0 Å². The van der Waals surface area contributed by atoms with Crippen LogP contribution in [0.15, 0.2) is 17.1 Å². The van der Waals surface area contributed by atoms with E-state index in [9.17, 15) is 10.2 Å². The van der Waals surface area contributed by atoms with Crippen molar-refractivity contribution in [2.24, 2.45) is 10.9 Å². The Morgan fingerprint density at radius 1 is 1.04 bits per heavy atom. The molecule has 0 aliphatic rings. The molecule has 26 heavy (non-hydrogen) atoms. The van der Waals surface area contributed by atoms with Crippen LogP contribution in [0.5, 0.6) is 5.75 Å². The zero-order valence-corrected chi connectivity index (χ0v) is 18.6. The quantitative estimate of drug-likeness (QED) is 0.646. The average molecular weight is 364 g/mol. The van der Waals surface area contributed by atoms with Crippen molar-refractivity contribution in [3.63, 3.8) is 0 Å². The summed E-state index contributed by atoms with van der Waals surface area (Å²) in [4.78, 5) is 4.56. The number of hydrogen-bond donors (Lipinski definition) is 2. The van der Waals surface area contributed by atoms with Gasteiger partial charge < -0.3 is 10.2 Å². The van der Waals surface area contributed by atoms with Gasteiger partial charge in [0.05, 0.1) is 12.6 Å². The van der Waals surface area contributed by atoms with Gasteiger partial charge in [-0.1, -0.05) is 81.7 Å². The van der Waals surface area contributed by atoms with Gasteiger partial charge in [-0.3, -0.25) is 4.99 Å². The van der Waals surface area contributed by atoms with E-state index in [2.05, 4.69) is 66.4 Å². The zero-order valence-electron chi connectivity index (χ0n) is 18.6. The van der Waals surface area contributed by atoms with E-state index in [-0.39, 0.29) is 23.5 Å². The van der Waals surface area contributed by atoms with E-state index in [0.29, 0.717) is 11.7 Å². The molecule has 0 radical (unpaired) electrons. The second-order valence-corrected chi connectivity index (χ2v) is 8.88. The van der Waals surface area contributed by atoms with Crippen LogP contribution >= 0.6 is 0 Å². The van der Waals surface area contributed by atoms with Gasteiger partial charge in [0.1, 0.15) is 5.75 Å². The normalized spacial score (nSPS) is 14.7. The van der Waals surface area contributed by atoms with Crippen LogP contribution in [-0.4, -0.2) is 29.1 Å². The number of hydrogen-bond acceptors (Lipinski definition) is 3. The van der Waals surface area contributed by atoms with Gasteiger partial charge in [-0.15, -0.1) is 0 Å². The first-order valence-electron chi connectivity index (χ1n) is 9.93. The van der Waals surface area contributed by atoms with E-state index in [1.54, 1.807) is 6.21 Å². The monoisotopic (exact) mass is 363 g/mol. The Bertz CT molecular complexity index is 577. The van der Waals surface area contributed by atoms with Crippen molar-refractivity contribution in [2.75, 3.05) is 6.61 Å². The van der Waals surface area contributed by atoms with Crippen LogP contribution in [0.3, 0.4) is 0 Å². The van der Waals surface area contributed by atoms with Gasteiger partial charge in [0, 0.05) is 17.3 Å². The summed E-state index contributed by atoms with van der Waals surface area (Å²) >= 11 is 0. The molecule has 1 aromatic carbocycles. The fraction of sp³-hybridized carbons (Fsp3) is 0.696. The molecule has 0 heterocycles. The van der Waals surface area contributed by atoms with Crippen LogP contribution in [0.4, 0.5) is 0 Å². The number of rotatable bonds is 5. The van der Waals surface area contributed by atoms with Crippen LogP contribution in [0.1, 0.15) is 92.3 Å². The molecule has 0 saturated carbocycles. The summed E-state index contributed by atoms with van der Waals surface area (Å²) in [7, 11) is 0. The van der Waals surface area contributed by atoms with Crippen molar-refractivity contribution in [3.05, 3.63) is 28.8 Å². The molecule has 2 N–H and O–H groups in total. The predicted octanol–water partition coefficient (Wildman–Crippen LogP) is 5.84. The molecule has 1 aromatic rings. The molecule has 0 saturated heterocycles. The smallest absolute Gasteiger partial charge is 0.128 e. The summed E-state index contributed by atoms with van der Waals surface area (Å²) in [6.07, 6.45) is 2.69. The lowest BCUT2D eigenvalue weighted by Crippen LogP contribution is -2.20. The summed E-state index contributed by atoms with van der Waals surface area (Å²) < 4.78 is 0. The fourth-order valence-electron chi connectivity index (χ4n) is 2.58. The number of phenolic OH excluding ortho intramolecular Hbond substituents is 1. The number of aliphatic hydroxyl groups excluding tert-OH is 1. The molecular weight excluding hydrogens is 322 g/mol. The third-order valence-electron chi connectivity index (χ3n) is 4.71. The molecule has 2 unspecified atom stereocenters. The van der Waals surface area contributed by atoms with Gasteiger partial charge in [-0.25, -0.2) is 0 Å². The third-order valence-corrected chi connectivity index (χ3v) is 4.71. The SMILES string of the molecule is CC.CCC(C)C(CO)N=Cc1cc(C(C)(C)C)cc(C(C)(C)C)c1O. The Kier molecular flexibility index (Phi) is 9.58. The van der Waals surface area contributed by atoms with Gasteiger partial charge in [0.2, 0.25) is 0 Å². The molecular formula is C23H41NO2. The molecule has 3 nitrogen and oxygen atoms in total. The Labute approximate surface area is 161 Å². The minimum Gasteiger partial charge on any atom is -0.507 e. The molecule has 0 amide bonds. The summed E-state index contributed by atoms with van der Waals surface area (Å²) in [6, 6.07) is 3.98. The molecule has 3 heteroatoms. The average Bonchev–Trinajstić information content (AvgIpc) is 2.56. The van der Waals surface area contributed by atoms with Gasteiger partial charge in [0.25, 0.3) is 0 Å². The number of benzene rings is 1. The topological polar surface area (TPSA) is 52.8 Å². The van der Waals surface area contributed by atoms with Crippen LogP contribution in [0.25, 0.3) is 0 Å². The first-order valence-corrected chi connectivity index (χ1v) is 9.93. The summed E-state index contributed by atoms with van der Waals surface area (Å²) in [5, 5.41) is 20.3. The molecule has 0 aliphatic heterocycles. The Balaban J connectivity index is 0.00000301. The Morgan fingerprint density at radius 2 is 1.58 bits per heavy atom. The van der Waals surface area contributed by atoms with Gasteiger partial charge in [-0.2, -0.15) is 0 Å². The van der Waals surface area contributed by atoms with Gasteiger partial charge >= 0.3 is 0 Å². The van der Waals surface area contributed by atoms with Crippen LogP contribution in [0, 0.1) is 5.92 Å². The summed E-state index contributed by atoms with van der Waals surface area (Å²) in [6.45, 7) is 21.0. The van der Waals surface area contributed by atoms with E-state index in [1.165, 1.54) is 5.56 Å². The second kappa shape index (κ2) is 10.1. The largest absolute Gasteiger partial charge is 0.507 e. The highest BCUT2D eigenvalue weighted by molar-refractivity contribution is 5.85. The predicted molar refractivity (Wildman–Crippen MR) is 115 cm³/mol. The number of nitrogens with zero attached hydrogens (tertiary/aromatic N) is 1. The minimum atomic E-state index is -0.152. The minimum absolute atomic E-state index is 0.0105. The van der Waals surface area contributed by atoms with Crippen LogP contribution in [-0.2, 0) is 10.8 Å². The molecule has 0 aliphatic carbocycles. The van der Waals surface area contributed by atoms with E-state index in [1.807, 2.05) is 19.9 Å². The number of phenols is 1. The maximum Gasteiger partial charge on any atom is 0.128 e. The molecule has 1 rings (SSSR count). The maximum atomic E-state index is 10.7. The Morgan fingerprint density at radius 3 is 1.96 bits per heavy atom.